The number of nitrogens with zero attached hydrogens (tertiary/aromatic N) is 2. The molecule has 8 nitrogen and oxygen atoms in total. The van der Waals surface area contributed by atoms with E-state index in [0.717, 1.165) is 41.5 Å². The molecule has 1 fully saturated rings. The zero-order valence-electron chi connectivity index (χ0n) is 17.5. The number of rotatable bonds is 5. The molecule has 162 valence electrons. The molecule has 4 N–H and O–H groups in total. The van der Waals surface area contributed by atoms with Crippen LogP contribution in [0.1, 0.15) is 24.8 Å². The van der Waals surface area contributed by atoms with Gasteiger partial charge in [-0.1, -0.05) is 54.6 Å². The Bertz CT molecular complexity index is 1300. The maximum atomic E-state index is 11.3. The number of furan rings is 1. The lowest BCUT2D eigenvalue weighted by Gasteiger charge is -2.42. The van der Waals surface area contributed by atoms with E-state index in [1.54, 1.807) is 0 Å². The van der Waals surface area contributed by atoms with Gasteiger partial charge in [0.25, 0.3) is 0 Å². The summed E-state index contributed by atoms with van der Waals surface area (Å²) in [5.41, 5.74) is 9.18. The predicted octanol–water partition coefficient (Wildman–Crippen LogP) is 4.79. The number of anilines is 1. The second kappa shape index (κ2) is 7.56. The Kier molecular flexibility index (Phi) is 4.70. The molecular weight excluding hydrogens is 408 g/mol. The highest BCUT2D eigenvalue weighted by Gasteiger charge is 2.40. The summed E-state index contributed by atoms with van der Waals surface area (Å²) in [6.45, 7) is 0. The summed E-state index contributed by atoms with van der Waals surface area (Å²) in [5.74, 6) is 1.03. The number of amides is 1. The van der Waals surface area contributed by atoms with Gasteiger partial charge in [-0.2, -0.15) is 9.97 Å². The number of nitrogen functional groups attached to an aromatic ring is 1. The van der Waals surface area contributed by atoms with E-state index in [1.807, 2.05) is 54.6 Å². The fourth-order valence-corrected chi connectivity index (χ4v) is 4.38. The van der Waals surface area contributed by atoms with Crippen LogP contribution in [-0.2, 0) is 5.54 Å². The third-order valence-corrected chi connectivity index (χ3v) is 6.04. The standard InChI is InChI=1S/C24H22N4O4/c1-31-20-18-17(14-6-3-2-4-7-14)19(32-21(18)27-22(25)26-20)15-8-10-16(11-9-15)24(12-5-13-24)28-23(29)30/h2-4,6-11,28H,5,12-13H2,1H3,(H,29,30)(H2,25,26,27). The van der Waals surface area contributed by atoms with Gasteiger partial charge >= 0.3 is 6.09 Å². The summed E-state index contributed by atoms with van der Waals surface area (Å²) in [6.07, 6.45) is 1.54. The molecule has 1 aliphatic rings. The second-order valence-electron chi connectivity index (χ2n) is 7.89. The Morgan fingerprint density at radius 3 is 2.41 bits per heavy atom. The third kappa shape index (κ3) is 3.20. The number of hydrogen-bond donors (Lipinski definition) is 3. The Hall–Kier alpha value is -4.07. The molecule has 1 aliphatic carbocycles. The summed E-state index contributed by atoms with van der Waals surface area (Å²) >= 11 is 0. The van der Waals surface area contributed by atoms with Gasteiger partial charge in [-0.05, 0) is 30.4 Å². The number of carboxylic acid groups (broad SMARTS) is 1. The molecule has 1 saturated carbocycles. The minimum absolute atomic E-state index is 0.0660. The van der Waals surface area contributed by atoms with Gasteiger partial charge in [0.15, 0.2) is 0 Å². The fourth-order valence-electron chi connectivity index (χ4n) is 4.38. The Labute approximate surface area is 184 Å². The Morgan fingerprint density at radius 1 is 1.09 bits per heavy atom. The van der Waals surface area contributed by atoms with Crippen LogP contribution in [0.25, 0.3) is 33.6 Å². The van der Waals surface area contributed by atoms with Crippen molar-refractivity contribution in [3.05, 3.63) is 60.2 Å². The minimum Gasteiger partial charge on any atom is -0.480 e. The van der Waals surface area contributed by atoms with Crippen LogP contribution >= 0.6 is 0 Å². The largest absolute Gasteiger partial charge is 0.480 e. The number of aromatic nitrogens is 2. The number of nitrogens with one attached hydrogen (secondary N) is 1. The first-order valence-corrected chi connectivity index (χ1v) is 10.3. The molecule has 1 amide bonds. The third-order valence-electron chi connectivity index (χ3n) is 6.04. The van der Waals surface area contributed by atoms with Crippen LogP contribution in [0.15, 0.2) is 59.0 Å². The smallest absolute Gasteiger partial charge is 0.405 e. The van der Waals surface area contributed by atoms with E-state index in [1.165, 1.54) is 7.11 Å². The van der Waals surface area contributed by atoms with Gasteiger partial charge in [-0.3, -0.25) is 0 Å². The van der Waals surface area contributed by atoms with Crippen molar-refractivity contribution in [2.45, 2.75) is 24.8 Å². The highest BCUT2D eigenvalue weighted by atomic mass is 16.5. The molecule has 32 heavy (non-hydrogen) atoms. The van der Waals surface area contributed by atoms with Crippen molar-refractivity contribution in [2.75, 3.05) is 12.8 Å². The molecule has 2 heterocycles. The number of nitrogens with two attached hydrogens (primary N) is 1. The molecule has 0 unspecified atom stereocenters. The molecule has 0 saturated heterocycles. The van der Waals surface area contributed by atoms with E-state index >= 15 is 0 Å². The van der Waals surface area contributed by atoms with Crippen molar-refractivity contribution in [1.29, 1.82) is 0 Å². The van der Waals surface area contributed by atoms with Gasteiger partial charge in [0.2, 0.25) is 17.5 Å². The van der Waals surface area contributed by atoms with Gasteiger partial charge in [-0.15, -0.1) is 0 Å². The van der Waals surface area contributed by atoms with Gasteiger partial charge < -0.3 is 25.3 Å². The molecule has 0 aliphatic heterocycles. The quantitative estimate of drug-likeness (QED) is 0.416. The summed E-state index contributed by atoms with van der Waals surface area (Å²) in [7, 11) is 1.53. The number of benzene rings is 2. The van der Waals surface area contributed by atoms with Gasteiger partial charge in [0, 0.05) is 11.1 Å². The highest BCUT2D eigenvalue weighted by Crippen LogP contribution is 2.45. The maximum Gasteiger partial charge on any atom is 0.405 e. The Balaban J connectivity index is 1.67. The van der Waals surface area contributed by atoms with Gasteiger partial charge in [0.1, 0.15) is 11.1 Å². The first-order chi connectivity index (χ1) is 15.5. The van der Waals surface area contributed by atoms with Crippen LogP contribution in [0, 0.1) is 0 Å². The van der Waals surface area contributed by atoms with E-state index in [4.69, 9.17) is 14.9 Å². The first-order valence-electron chi connectivity index (χ1n) is 10.3. The average Bonchev–Trinajstić information content (AvgIpc) is 3.15. The van der Waals surface area contributed by atoms with Crippen LogP contribution in [0.5, 0.6) is 5.88 Å². The van der Waals surface area contributed by atoms with E-state index in [2.05, 4.69) is 15.3 Å². The lowest BCUT2D eigenvalue weighted by atomic mass is 9.72. The summed E-state index contributed by atoms with van der Waals surface area (Å²) in [4.78, 5) is 19.8. The van der Waals surface area contributed by atoms with E-state index in [-0.39, 0.29) is 5.95 Å². The predicted molar refractivity (Wildman–Crippen MR) is 120 cm³/mol. The fraction of sp³-hybridized carbons (Fsp3) is 0.208. The molecule has 2 aromatic heterocycles. The summed E-state index contributed by atoms with van der Waals surface area (Å²) < 4.78 is 11.7. The molecular formula is C24H22N4O4. The number of methoxy groups -OCH3 is 1. The highest BCUT2D eigenvalue weighted by molar-refractivity contribution is 6.03. The van der Waals surface area contributed by atoms with Crippen LogP contribution < -0.4 is 15.8 Å². The molecule has 5 rings (SSSR count). The van der Waals surface area contributed by atoms with Crippen molar-refractivity contribution >= 4 is 23.1 Å². The second-order valence-corrected chi connectivity index (χ2v) is 7.89. The van der Waals surface area contributed by atoms with E-state index in [9.17, 15) is 9.90 Å². The first kappa shape index (κ1) is 19.9. The van der Waals surface area contributed by atoms with Crippen LogP contribution in [0.3, 0.4) is 0 Å². The normalized spacial score (nSPS) is 14.7. The average molecular weight is 430 g/mol. The Morgan fingerprint density at radius 2 is 1.81 bits per heavy atom. The minimum atomic E-state index is -1.01. The van der Waals surface area contributed by atoms with Crippen LogP contribution in [-0.4, -0.2) is 28.3 Å². The number of ether oxygens (including phenoxy) is 1. The van der Waals surface area contributed by atoms with Crippen LogP contribution in [0.2, 0.25) is 0 Å². The van der Waals surface area contributed by atoms with E-state index < -0.39 is 11.6 Å². The monoisotopic (exact) mass is 430 g/mol. The van der Waals surface area contributed by atoms with E-state index in [0.29, 0.717) is 22.7 Å². The molecule has 0 radical (unpaired) electrons. The van der Waals surface area contributed by atoms with Crippen molar-refractivity contribution in [3.8, 4) is 28.3 Å². The topological polar surface area (TPSA) is 124 Å². The van der Waals surface area contributed by atoms with Gasteiger partial charge in [-0.25, -0.2) is 4.79 Å². The van der Waals surface area contributed by atoms with Crippen molar-refractivity contribution in [3.63, 3.8) is 0 Å². The molecule has 0 spiro atoms. The van der Waals surface area contributed by atoms with Crippen molar-refractivity contribution in [1.82, 2.24) is 15.3 Å². The lowest BCUT2D eigenvalue weighted by molar-refractivity contribution is 0.144. The molecule has 4 aromatic rings. The molecule has 2 aromatic carbocycles. The number of carbonyl (C=O) groups is 1. The van der Waals surface area contributed by atoms with Crippen molar-refractivity contribution < 1.29 is 19.1 Å². The summed E-state index contributed by atoms with van der Waals surface area (Å²) in [5, 5.41) is 12.6. The van der Waals surface area contributed by atoms with Crippen LogP contribution in [0.4, 0.5) is 10.7 Å². The molecule has 0 bridgehead atoms. The lowest BCUT2D eigenvalue weighted by Crippen LogP contribution is -2.50. The SMILES string of the molecule is COc1nc(N)nc2oc(-c3ccc(C4(NC(=O)O)CCC4)cc3)c(-c3ccccc3)c12. The number of hydrogen-bond acceptors (Lipinski definition) is 6. The summed E-state index contributed by atoms with van der Waals surface area (Å²) in [6, 6.07) is 17.6. The maximum absolute atomic E-state index is 11.3. The number of fused-ring (bicyclic) bond motifs is 1. The zero-order valence-corrected chi connectivity index (χ0v) is 17.5. The molecule has 8 heteroatoms. The molecule has 0 atom stereocenters. The van der Waals surface area contributed by atoms with Crippen molar-refractivity contribution in [2.24, 2.45) is 0 Å². The zero-order chi connectivity index (χ0) is 22.3. The van der Waals surface area contributed by atoms with Gasteiger partial charge in [0.05, 0.1) is 12.6 Å².